The van der Waals surface area contributed by atoms with Crippen molar-refractivity contribution in [3.05, 3.63) is 23.6 Å². The second-order valence-electron chi connectivity index (χ2n) is 5.03. The zero-order chi connectivity index (χ0) is 14.4. The highest BCUT2D eigenvalue weighted by atomic mass is 19.1. The molecule has 2 heterocycles. The SMILES string of the molecule is CCNCc1ccnc(N2CCC(OCC)CC2)c1F. The first-order chi connectivity index (χ1) is 9.76. The van der Waals surface area contributed by atoms with Gasteiger partial charge < -0.3 is 15.0 Å². The largest absolute Gasteiger partial charge is 0.378 e. The van der Waals surface area contributed by atoms with Crippen molar-refractivity contribution in [2.45, 2.75) is 39.3 Å². The molecule has 4 nitrogen and oxygen atoms in total. The van der Waals surface area contributed by atoms with Crippen molar-refractivity contribution in [2.75, 3.05) is 31.1 Å². The molecule has 1 aliphatic rings. The molecule has 1 saturated heterocycles. The van der Waals surface area contributed by atoms with Crippen LogP contribution >= 0.6 is 0 Å². The number of halogens is 1. The third-order valence-corrected chi connectivity index (χ3v) is 3.66. The molecule has 0 atom stereocenters. The summed E-state index contributed by atoms with van der Waals surface area (Å²) in [6.07, 6.45) is 3.88. The lowest BCUT2D eigenvalue weighted by molar-refractivity contribution is 0.0457. The summed E-state index contributed by atoms with van der Waals surface area (Å²) in [5.74, 6) is 0.290. The number of anilines is 1. The molecule has 5 heteroatoms. The van der Waals surface area contributed by atoms with Crippen molar-refractivity contribution in [3.8, 4) is 0 Å². The Hall–Kier alpha value is -1.20. The van der Waals surface area contributed by atoms with Gasteiger partial charge in [0.2, 0.25) is 0 Å². The number of nitrogens with zero attached hydrogens (tertiary/aromatic N) is 2. The predicted octanol–water partition coefficient (Wildman–Crippen LogP) is 2.34. The van der Waals surface area contributed by atoms with Crippen LogP contribution in [-0.4, -0.2) is 37.3 Å². The number of ether oxygens (including phenoxy) is 1. The number of aromatic nitrogens is 1. The molecule has 1 aromatic heterocycles. The lowest BCUT2D eigenvalue weighted by Crippen LogP contribution is -2.38. The third kappa shape index (κ3) is 3.67. The van der Waals surface area contributed by atoms with Crippen molar-refractivity contribution in [2.24, 2.45) is 0 Å². The fourth-order valence-corrected chi connectivity index (χ4v) is 2.56. The summed E-state index contributed by atoms with van der Waals surface area (Å²) in [4.78, 5) is 6.25. The molecular weight excluding hydrogens is 257 g/mol. The second-order valence-corrected chi connectivity index (χ2v) is 5.03. The Morgan fingerprint density at radius 2 is 2.15 bits per heavy atom. The van der Waals surface area contributed by atoms with Gasteiger partial charge in [-0.05, 0) is 32.4 Å². The normalized spacial score (nSPS) is 16.6. The fraction of sp³-hybridized carbons (Fsp3) is 0.667. The number of rotatable bonds is 6. The zero-order valence-electron chi connectivity index (χ0n) is 12.4. The summed E-state index contributed by atoms with van der Waals surface area (Å²) in [5.41, 5.74) is 0.684. The summed E-state index contributed by atoms with van der Waals surface area (Å²) in [6.45, 7) is 7.76. The summed E-state index contributed by atoms with van der Waals surface area (Å²) in [7, 11) is 0. The van der Waals surface area contributed by atoms with Gasteiger partial charge in [-0.25, -0.2) is 9.37 Å². The maximum atomic E-state index is 14.5. The van der Waals surface area contributed by atoms with Crippen LogP contribution in [0, 0.1) is 5.82 Å². The van der Waals surface area contributed by atoms with Crippen LogP contribution in [0.2, 0.25) is 0 Å². The van der Waals surface area contributed by atoms with Gasteiger partial charge in [0.25, 0.3) is 0 Å². The first-order valence-electron chi connectivity index (χ1n) is 7.46. The van der Waals surface area contributed by atoms with Crippen molar-refractivity contribution in [3.63, 3.8) is 0 Å². The van der Waals surface area contributed by atoms with Gasteiger partial charge in [0, 0.05) is 38.0 Å². The molecule has 0 saturated carbocycles. The van der Waals surface area contributed by atoms with Crippen LogP contribution in [-0.2, 0) is 11.3 Å². The predicted molar refractivity (Wildman–Crippen MR) is 78.4 cm³/mol. The summed E-state index contributed by atoms with van der Waals surface area (Å²) < 4.78 is 20.1. The highest BCUT2D eigenvalue weighted by molar-refractivity contribution is 5.43. The van der Waals surface area contributed by atoms with Crippen LogP contribution in [0.25, 0.3) is 0 Å². The summed E-state index contributed by atoms with van der Waals surface area (Å²) >= 11 is 0. The quantitative estimate of drug-likeness (QED) is 0.868. The smallest absolute Gasteiger partial charge is 0.170 e. The lowest BCUT2D eigenvalue weighted by Gasteiger charge is -2.32. The van der Waals surface area contributed by atoms with E-state index in [1.165, 1.54) is 0 Å². The molecule has 0 aliphatic carbocycles. The number of hydrogen-bond donors (Lipinski definition) is 1. The zero-order valence-corrected chi connectivity index (χ0v) is 12.4. The van der Waals surface area contributed by atoms with Gasteiger partial charge in [0.15, 0.2) is 11.6 Å². The minimum atomic E-state index is -0.191. The maximum absolute atomic E-state index is 14.5. The minimum absolute atomic E-state index is 0.191. The highest BCUT2D eigenvalue weighted by Crippen LogP contribution is 2.24. The number of hydrogen-bond acceptors (Lipinski definition) is 4. The van der Waals surface area contributed by atoms with E-state index in [1.807, 2.05) is 18.7 Å². The molecule has 0 radical (unpaired) electrons. The lowest BCUT2D eigenvalue weighted by atomic mass is 10.1. The van der Waals surface area contributed by atoms with Gasteiger partial charge in [0.05, 0.1) is 6.10 Å². The van der Waals surface area contributed by atoms with Gasteiger partial charge in [-0.15, -0.1) is 0 Å². The molecule has 1 aromatic rings. The number of pyridine rings is 1. The van der Waals surface area contributed by atoms with Crippen molar-refractivity contribution < 1.29 is 9.13 Å². The maximum Gasteiger partial charge on any atom is 0.170 e. The Bertz CT molecular complexity index is 420. The van der Waals surface area contributed by atoms with E-state index >= 15 is 0 Å². The molecule has 1 N–H and O–H groups in total. The second kappa shape index (κ2) is 7.55. The minimum Gasteiger partial charge on any atom is -0.378 e. The topological polar surface area (TPSA) is 37.4 Å². The van der Waals surface area contributed by atoms with Crippen LogP contribution < -0.4 is 10.2 Å². The van der Waals surface area contributed by atoms with Gasteiger partial charge in [-0.1, -0.05) is 6.92 Å². The number of nitrogens with one attached hydrogen (secondary N) is 1. The Labute approximate surface area is 120 Å². The van der Waals surface area contributed by atoms with Crippen LogP contribution in [0.3, 0.4) is 0 Å². The van der Waals surface area contributed by atoms with Gasteiger partial charge in [-0.2, -0.15) is 0 Å². The standard InChI is InChI=1S/C15H24FN3O/c1-3-17-11-12-5-8-18-15(14(12)16)19-9-6-13(7-10-19)20-4-2/h5,8,13,17H,3-4,6-7,9-11H2,1-2H3. The number of piperidine rings is 1. The molecule has 0 bridgehead atoms. The first-order valence-corrected chi connectivity index (χ1v) is 7.46. The van der Waals surface area contributed by atoms with E-state index in [0.717, 1.165) is 39.1 Å². The van der Waals surface area contributed by atoms with E-state index in [4.69, 9.17) is 4.74 Å². The summed E-state index contributed by atoms with van der Waals surface area (Å²) in [5, 5.41) is 3.15. The van der Waals surface area contributed by atoms with Crippen LogP contribution in [0.1, 0.15) is 32.3 Å². The Morgan fingerprint density at radius 3 is 2.80 bits per heavy atom. The monoisotopic (exact) mass is 281 g/mol. The van der Waals surface area contributed by atoms with Crippen LogP contribution in [0.4, 0.5) is 10.2 Å². The Kier molecular flexibility index (Phi) is 5.73. The first kappa shape index (κ1) is 15.2. The molecule has 1 aliphatic heterocycles. The molecule has 0 spiro atoms. The van der Waals surface area contributed by atoms with E-state index in [-0.39, 0.29) is 5.82 Å². The van der Waals surface area contributed by atoms with E-state index in [1.54, 1.807) is 12.3 Å². The molecule has 0 amide bonds. The Balaban J connectivity index is 2.02. The molecule has 2 rings (SSSR count). The average Bonchev–Trinajstić information content (AvgIpc) is 2.48. The van der Waals surface area contributed by atoms with Gasteiger partial charge >= 0.3 is 0 Å². The van der Waals surface area contributed by atoms with Gasteiger partial charge in [-0.3, -0.25) is 0 Å². The summed E-state index contributed by atoms with van der Waals surface area (Å²) in [6, 6.07) is 1.74. The Morgan fingerprint density at radius 1 is 1.40 bits per heavy atom. The molecular formula is C15H24FN3O. The molecule has 20 heavy (non-hydrogen) atoms. The van der Waals surface area contributed by atoms with E-state index in [2.05, 4.69) is 10.3 Å². The third-order valence-electron chi connectivity index (χ3n) is 3.66. The van der Waals surface area contributed by atoms with Crippen molar-refractivity contribution in [1.82, 2.24) is 10.3 Å². The molecule has 1 fully saturated rings. The van der Waals surface area contributed by atoms with E-state index in [0.29, 0.717) is 24.0 Å². The van der Waals surface area contributed by atoms with Crippen molar-refractivity contribution in [1.29, 1.82) is 0 Å². The van der Waals surface area contributed by atoms with Gasteiger partial charge in [0.1, 0.15) is 0 Å². The highest BCUT2D eigenvalue weighted by Gasteiger charge is 2.23. The average molecular weight is 281 g/mol. The van der Waals surface area contributed by atoms with Crippen LogP contribution in [0.15, 0.2) is 12.3 Å². The van der Waals surface area contributed by atoms with Crippen LogP contribution in [0.5, 0.6) is 0 Å². The molecule has 0 aromatic carbocycles. The van der Waals surface area contributed by atoms with E-state index in [9.17, 15) is 4.39 Å². The van der Waals surface area contributed by atoms with E-state index < -0.39 is 0 Å². The fourth-order valence-electron chi connectivity index (χ4n) is 2.56. The molecule has 112 valence electrons. The van der Waals surface area contributed by atoms with Crippen molar-refractivity contribution >= 4 is 5.82 Å². The molecule has 0 unspecified atom stereocenters.